The largest absolute Gasteiger partial charge is 0.313 e. The summed E-state index contributed by atoms with van der Waals surface area (Å²) in [5.74, 6) is 0. The van der Waals surface area contributed by atoms with Gasteiger partial charge in [-0.3, -0.25) is 4.90 Å². The van der Waals surface area contributed by atoms with Crippen LogP contribution in [0.2, 0.25) is 0 Å². The SMILES string of the molecule is C=CC(C)N1CCCNC(CCC)C1. The quantitative estimate of drug-likeness (QED) is 0.692. The molecule has 82 valence electrons. The molecular weight excluding hydrogens is 172 g/mol. The van der Waals surface area contributed by atoms with Crippen LogP contribution in [-0.2, 0) is 0 Å². The van der Waals surface area contributed by atoms with E-state index in [9.17, 15) is 0 Å². The van der Waals surface area contributed by atoms with Gasteiger partial charge in [0.15, 0.2) is 0 Å². The minimum atomic E-state index is 0.522. The van der Waals surface area contributed by atoms with Gasteiger partial charge in [0, 0.05) is 18.6 Å². The number of hydrogen-bond donors (Lipinski definition) is 1. The molecule has 14 heavy (non-hydrogen) atoms. The van der Waals surface area contributed by atoms with Gasteiger partial charge in [0.2, 0.25) is 0 Å². The van der Waals surface area contributed by atoms with Crippen LogP contribution < -0.4 is 5.32 Å². The summed E-state index contributed by atoms with van der Waals surface area (Å²) in [6.45, 7) is 11.9. The molecule has 2 nitrogen and oxygen atoms in total. The van der Waals surface area contributed by atoms with Gasteiger partial charge in [-0.25, -0.2) is 0 Å². The molecule has 0 amide bonds. The molecule has 1 aliphatic rings. The van der Waals surface area contributed by atoms with Crippen molar-refractivity contribution in [3.63, 3.8) is 0 Å². The lowest BCUT2D eigenvalue weighted by Gasteiger charge is -2.28. The first-order chi connectivity index (χ1) is 6.77. The van der Waals surface area contributed by atoms with Crippen molar-refractivity contribution in [3.05, 3.63) is 12.7 Å². The minimum absolute atomic E-state index is 0.522. The summed E-state index contributed by atoms with van der Waals surface area (Å²) in [5, 5.41) is 3.62. The van der Waals surface area contributed by atoms with E-state index in [-0.39, 0.29) is 0 Å². The van der Waals surface area contributed by atoms with Crippen molar-refractivity contribution in [2.45, 2.75) is 45.2 Å². The van der Waals surface area contributed by atoms with Crippen molar-refractivity contribution < 1.29 is 0 Å². The summed E-state index contributed by atoms with van der Waals surface area (Å²) < 4.78 is 0. The van der Waals surface area contributed by atoms with E-state index < -0.39 is 0 Å². The Bertz CT molecular complexity index is 168. The fourth-order valence-electron chi connectivity index (χ4n) is 2.09. The average Bonchev–Trinajstić information content (AvgIpc) is 2.43. The lowest BCUT2D eigenvalue weighted by molar-refractivity contribution is 0.232. The standard InChI is InChI=1S/C12H24N2/c1-4-7-12-10-14(11(3)5-2)9-6-8-13-12/h5,11-13H,2,4,6-10H2,1,3H3. The van der Waals surface area contributed by atoms with Crippen LogP contribution >= 0.6 is 0 Å². The molecule has 0 aromatic carbocycles. The molecule has 1 aliphatic heterocycles. The number of nitrogens with zero attached hydrogens (tertiary/aromatic N) is 1. The molecule has 2 atom stereocenters. The van der Waals surface area contributed by atoms with Gasteiger partial charge in [0.25, 0.3) is 0 Å². The summed E-state index contributed by atoms with van der Waals surface area (Å²) >= 11 is 0. The van der Waals surface area contributed by atoms with Crippen molar-refractivity contribution in [2.24, 2.45) is 0 Å². The van der Waals surface area contributed by atoms with Gasteiger partial charge in [-0.1, -0.05) is 19.4 Å². The molecule has 2 unspecified atom stereocenters. The van der Waals surface area contributed by atoms with Crippen molar-refractivity contribution in [3.8, 4) is 0 Å². The predicted octanol–water partition coefficient (Wildman–Crippen LogP) is 2.02. The first-order valence-electron chi connectivity index (χ1n) is 5.88. The molecule has 1 heterocycles. The summed E-state index contributed by atoms with van der Waals surface area (Å²) in [4.78, 5) is 2.54. The van der Waals surface area contributed by atoms with E-state index in [2.05, 4.69) is 30.6 Å². The summed E-state index contributed by atoms with van der Waals surface area (Å²) in [7, 11) is 0. The summed E-state index contributed by atoms with van der Waals surface area (Å²) in [6, 6.07) is 1.21. The van der Waals surface area contributed by atoms with Gasteiger partial charge in [-0.2, -0.15) is 0 Å². The third kappa shape index (κ3) is 3.43. The molecule has 0 spiro atoms. The Morgan fingerprint density at radius 3 is 3.07 bits per heavy atom. The van der Waals surface area contributed by atoms with E-state index in [1.165, 1.54) is 38.9 Å². The lowest BCUT2D eigenvalue weighted by atomic mass is 10.1. The molecule has 0 aliphatic carbocycles. The van der Waals surface area contributed by atoms with E-state index in [4.69, 9.17) is 0 Å². The number of hydrogen-bond acceptors (Lipinski definition) is 2. The van der Waals surface area contributed by atoms with Crippen LogP contribution in [-0.4, -0.2) is 36.6 Å². The van der Waals surface area contributed by atoms with Gasteiger partial charge in [-0.05, 0) is 32.9 Å². The monoisotopic (exact) mass is 196 g/mol. The molecule has 1 N–H and O–H groups in total. The molecule has 1 saturated heterocycles. The van der Waals surface area contributed by atoms with Crippen molar-refractivity contribution in [1.29, 1.82) is 0 Å². The maximum atomic E-state index is 3.88. The zero-order chi connectivity index (χ0) is 10.4. The minimum Gasteiger partial charge on any atom is -0.313 e. The molecule has 2 heteroatoms. The molecule has 1 rings (SSSR count). The topological polar surface area (TPSA) is 15.3 Å². The second-order valence-corrected chi connectivity index (χ2v) is 4.26. The van der Waals surface area contributed by atoms with E-state index in [1.54, 1.807) is 0 Å². The highest BCUT2D eigenvalue weighted by atomic mass is 15.2. The zero-order valence-corrected chi connectivity index (χ0v) is 9.63. The van der Waals surface area contributed by atoms with Crippen molar-refractivity contribution >= 4 is 0 Å². The van der Waals surface area contributed by atoms with Crippen molar-refractivity contribution in [2.75, 3.05) is 19.6 Å². The highest BCUT2D eigenvalue weighted by molar-refractivity contribution is 4.87. The van der Waals surface area contributed by atoms with Gasteiger partial charge >= 0.3 is 0 Å². The molecule has 0 saturated carbocycles. The first kappa shape index (κ1) is 11.7. The fraction of sp³-hybridized carbons (Fsp3) is 0.833. The second-order valence-electron chi connectivity index (χ2n) is 4.26. The Balaban J connectivity index is 2.46. The fourth-order valence-corrected chi connectivity index (χ4v) is 2.09. The Morgan fingerprint density at radius 2 is 2.43 bits per heavy atom. The number of rotatable bonds is 4. The summed E-state index contributed by atoms with van der Waals surface area (Å²) in [6.07, 6.45) is 5.88. The van der Waals surface area contributed by atoms with Gasteiger partial charge in [-0.15, -0.1) is 6.58 Å². The normalized spacial score (nSPS) is 26.9. The Kier molecular flexibility index (Phi) is 5.20. The van der Waals surface area contributed by atoms with E-state index in [0.717, 1.165) is 0 Å². The second kappa shape index (κ2) is 6.20. The Hall–Kier alpha value is -0.340. The maximum Gasteiger partial charge on any atom is 0.0247 e. The maximum absolute atomic E-state index is 3.88. The number of nitrogens with one attached hydrogen (secondary N) is 1. The average molecular weight is 196 g/mol. The molecule has 0 radical (unpaired) electrons. The molecule has 0 aromatic rings. The van der Waals surface area contributed by atoms with Crippen LogP contribution in [0.25, 0.3) is 0 Å². The van der Waals surface area contributed by atoms with Crippen LogP contribution in [0.5, 0.6) is 0 Å². The van der Waals surface area contributed by atoms with Gasteiger partial charge in [0.05, 0.1) is 0 Å². The van der Waals surface area contributed by atoms with Crippen LogP contribution in [0.4, 0.5) is 0 Å². The predicted molar refractivity (Wildman–Crippen MR) is 62.5 cm³/mol. The van der Waals surface area contributed by atoms with Gasteiger partial charge in [0.1, 0.15) is 0 Å². The van der Waals surface area contributed by atoms with E-state index in [1.807, 2.05) is 6.08 Å². The third-order valence-corrected chi connectivity index (χ3v) is 3.06. The van der Waals surface area contributed by atoms with E-state index >= 15 is 0 Å². The zero-order valence-electron chi connectivity index (χ0n) is 9.63. The first-order valence-corrected chi connectivity index (χ1v) is 5.88. The smallest absolute Gasteiger partial charge is 0.0247 e. The Labute approximate surface area is 88.4 Å². The van der Waals surface area contributed by atoms with Gasteiger partial charge < -0.3 is 5.32 Å². The lowest BCUT2D eigenvalue weighted by Crippen LogP contribution is -2.40. The van der Waals surface area contributed by atoms with E-state index in [0.29, 0.717) is 12.1 Å². The van der Waals surface area contributed by atoms with Crippen LogP contribution in [0.15, 0.2) is 12.7 Å². The molecule has 0 aromatic heterocycles. The van der Waals surface area contributed by atoms with Crippen LogP contribution in [0.1, 0.15) is 33.1 Å². The van der Waals surface area contributed by atoms with Crippen molar-refractivity contribution in [1.82, 2.24) is 10.2 Å². The molecule has 0 bridgehead atoms. The molecular formula is C12H24N2. The highest BCUT2D eigenvalue weighted by Gasteiger charge is 2.18. The summed E-state index contributed by atoms with van der Waals surface area (Å²) in [5.41, 5.74) is 0. The highest BCUT2D eigenvalue weighted by Crippen LogP contribution is 2.09. The van der Waals surface area contributed by atoms with Crippen LogP contribution in [0.3, 0.4) is 0 Å². The Morgan fingerprint density at radius 1 is 1.64 bits per heavy atom. The van der Waals surface area contributed by atoms with Crippen LogP contribution in [0, 0.1) is 0 Å². The molecule has 1 fully saturated rings. The third-order valence-electron chi connectivity index (χ3n) is 3.06.